The van der Waals surface area contributed by atoms with E-state index in [-0.39, 0.29) is 16.9 Å². The number of aliphatic hydroxyl groups is 1. The summed E-state index contributed by atoms with van der Waals surface area (Å²) in [6, 6.07) is 5.06. The van der Waals surface area contributed by atoms with Crippen molar-refractivity contribution in [2.45, 2.75) is 0 Å². The topological polar surface area (TPSA) is 86.0 Å². The van der Waals surface area contributed by atoms with Crippen molar-refractivity contribution in [3.05, 3.63) is 51.4 Å². The number of amides is 1. The van der Waals surface area contributed by atoms with Gasteiger partial charge >= 0.3 is 5.63 Å². The minimum Gasteiger partial charge on any atom is -0.509 e. The predicted molar refractivity (Wildman–Crippen MR) is 106 cm³/mol. The van der Waals surface area contributed by atoms with E-state index in [0.29, 0.717) is 28.4 Å². The maximum Gasteiger partial charge on any atom is 0.344 e. The zero-order valence-corrected chi connectivity index (χ0v) is 15.3. The molecule has 1 amide bonds. The Labute approximate surface area is 156 Å². The van der Waals surface area contributed by atoms with Crippen molar-refractivity contribution in [3.8, 4) is 0 Å². The quantitative estimate of drug-likeness (QED) is 0.593. The van der Waals surface area contributed by atoms with Gasteiger partial charge in [-0.05, 0) is 30.5 Å². The molecule has 27 heavy (non-hydrogen) atoms. The number of carbonyl (C=O) groups excluding carboxylic acids is 1. The number of allylic oxidation sites excluding steroid dienone is 1. The lowest BCUT2D eigenvalue weighted by molar-refractivity contribution is -0.117. The van der Waals surface area contributed by atoms with Gasteiger partial charge in [0.2, 0.25) is 5.91 Å². The molecule has 2 aromatic rings. The third-order valence-corrected chi connectivity index (χ3v) is 4.61. The van der Waals surface area contributed by atoms with Crippen LogP contribution in [0.2, 0.25) is 0 Å². The van der Waals surface area contributed by atoms with Gasteiger partial charge < -0.3 is 19.7 Å². The van der Waals surface area contributed by atoms with Crippen molar-refractivity contribution in [2.75, 3.05) is 45.1 Å². The molecule has 1 aromatic heterocycles. The summed E-state index contributed by atoms with van der Waals surface area (Å²) in [4.78, 5) is 28.8. The molecule has 1 saturated heterocycles. The second-order valence-electron chi connectivity index (χ2n) is 6.76. The first-order valence-corrected chi connectivity index (χ1v) is 8.69. The molecule has 2 heterocycles. The van der Waals surface area contributed by atoms with Crippen LogP contribution in [0.5, 0.6) is 0 Å². The maximum absolute atomic E-state index is 12.3. The molecule has 1 aliphatic rings. The van der Waals surface area contributed by atoms with E-state index >= 15 is 0 Å². The number of likely N-dealkylation sites (N-methyl/N-ethyl adjacent to an activating group) is 1. The van der Waals surface area contributed by atoms with E-state index in [4.69, 9.17) is 4.42 Å². The van der Waals surface area contributed by atoms with Crippen LogP contribution in [0.15, 0.2) is 39.7 Å². The Morgan fingerprint density at radius 1 is 1.33 bits per heavy atom. The molecule has 3 rings (SSSR count). The van der Waals surface area contributed by atoms with Crippen LogP contribution in [0.4, 0.5) is 5.69 Å². The lowest BCUT2D eigenvalue weighted by Gasteiger charge is -2.31. The van der Waals surface area contributed by atoms with Crippen molar-refractivity contribution in [3.63, 3.8) is 0 Å². The molecule has 7 nitrogen and oxygen atoms in total. The number of hydrogen-bond acceptors (Lipinski definition) is 6. The molecule has 0 unspecified atom stereocenters. The molecule has 0 radical (unpaired) electrons. The van der Waals surface area contributed by atoms with Crippen molar-refractivity contribution >= 4 is 35.2 Å². The van der Waals surface area contributed by atoms with Crippen molar-refractivity contribution in [2.24, 2.45) is 0 Å². The number of nitrogens with one attached hydrogen (secondary N) is 1. The van der Waals surface area contributed by atoms with Gasteiger partial charge in [-0.2, -0.15) is 0 Å². The fourth-order valence-electron chi connectivity index (χ4n) is 3.08. The first kappa shape index (κ1) is 18.9. The van der Waals surface area contributed by atoms with Gasteiger partial charge in [0, 0.05) is 43.3 Å². The number of benzene rings is 1. The number of carbonyl (C=O) groups is 1. The van der Waals surface area contributed by atoms with Crippen LogP contribution in [0.1, 0.15) is 0 Å². The van der Waals surface area contributed by atoms with Gasteiger partial charge in [0.15, 0.2) is 0 Å². The van der Waals surface area contributed by atoms with E-state index in [2.05, 4.69) is 35.3 Å². The van der Waals surface area contributed by atoms with Crippen LogP contribution in [0, 0.1) is 0 Å². The molecule has 0 aliphatic carbocycles. The van der Waals surface area contributed by atoms with E-state index in [1.165, 1.54) is 6.08 Å². The Hall–Kier alpha value is -2.90. The number of fused-ring (bicyclic) bond motifs is 1. The second-order valence-corrected chi connectivity index (χ2v) is 6.76. The molecule has 1 fully saturated rings. The van der Waals surface area contributed by atoms with Crippen LogP contribution in [0.25, 0.3) is 23.6 Å². The Morgan fingerprint density at radius 2 is 2.04 bits per heavy atom. The maximum atomic E-state index is 12.3. The average molecular weight is 369 g/mol. The Kier molecular flexibility index (Phi) is 5.43. The monoisotopic (exact) mass is 369 g/mol. The highest BCUT2D eigenvalue weighted by Gasteiger charge is 2.16. The Morgan fingerprint density at radius 3 is 2.70 bits per heavy atom. The molecule has 2 N–H and O–H groups in total. The summed E-state index contributed by atoms with van der Waals surface area (Å²) in [6.45, 7) is 11.2. The van der Waals surface area contributed by atoms with Crippen molar-refractivity contribution in [1.29, 1.82) is 0 Å². The normalized spacial score (nSPS) is 16.6. The van der Waals surface area contributed by atoms with Crippen LogP contribution in [0.3, 0.4) is 0 Å². The van der Waals surface area contributed by atoms with Crippen LogP contribution in [-0.2, 0) is 4.79 Å². The summed E-state index contributed by atoms with van der Waals surface area (Å²) < 4.78 is 5.31. The summed E-state index contributed by atoms with van der Waals surface area (Å²) in [5, 5.41) is 13.4. The summed E-state index contributed by atoms with van der Waals surface area (Å²) >= 11 is 0. The molecular formula is C20H23N3O4. The summed E-state index contributed by atoms with van der Waals surface area (Å²) in [7, 11) is 2.07. The SMILES string of the molecule is C=C(O)/C=c1/c(=O)oc2cc(NC(=O)CN3CCN(C)CC3)ccc2c1=C. The van der Waals surface area contributed by atoms with Crippen molar-refractivity contribution in [1.82, 2.24) is 9.80 Å². The third kappa shape index (κ3) is 4.45. The first-order valence-electron chi connectivity index (χ1n) is 8.69. The van der Waals surface area contributed by atoms with E-state index in [9.17, 15) is 14.7 Å². The van der Waals surface area contributed by atoms with Gasteiger partial charge in [-0.1, -0.05) is 13.2 Å². The zero-order valence-electron chi connectivity index (χ0n) is 15.3. The molecule has 1 aliphatic heterocycles. The molecule has 0 atom stereocenters. The fourth-order valence-corrected chi connectivity index (χ4v) is 3.08. The highest BCUT2D eigenvalue weighted by atomic mass is 16.4. The molecule has 0 saturated carbocycles. The van der Waals surface area contributed by atoms with Crippen LogP contribution in [-0.4, -0.2) is 60.6 Å². The fraction of sp³-hybridized carbons (Fsp3) is 0.300. The van der Waals surface area contributed by atoms with Gasteiger partial charge in [-0.3, -0.25) is 9.69 Å². The van der Waals surface area contributed by atoms with E-state index < -0.39 is 5.63 Å². The first-order chi connectivity index (χ1) is 12.8. The van der Waals surface area contributed by atoms with Gasteiger partial charge in [-0.25, -0.2) is 4.79 Å². The third-order valence-electron chi connectivity index (χ3n) is 4.61. The van der Waals surface area contributed by atoms with Crippen LogP contribution >= 0.6 is 0 Å². The molecule has 1 aromatic carbocycles. The van der Waals surface area contributed by atoms with E-state index in [0.717, 1.165) is 26.2 Å². The van der Waals surface area contributed by atoms with Gasteiger partial charge in [0.05, 0.1) is 11.8 Å². The molecular weight excluding hydrogens is 346 g/mol. The Bertz CT molecular complexity index is 1050. The molecule has 0 spiro atoms. The molecule has 7 heteroatoms. The van der Waals surface area contributed by atoms with Gasteiger partial charge in [0.25, 0.3) is 0 Å². The number of hydrogen-bond donors (Lipinski definition) is 2. The minimum atomic E-state index is -0.622. The average Bonchev–Trinajstić information content (AvgIpc) is 2.60. The Balaban J connectivity index is 1.81. The standard InChI is InChI=1S/C20H23N3O4/c1-13(24)10-17-14(2)16-5-4-15(11-18(16)27-20(17)26)21-19(25)12-23-8-6-22(3)7-9-23/h4-5,10-11,24H,1-2,6-9,12H2,3H3,(H,21,25)/b17-10+. The van der Waals surface area contributed by atoms with Crippen molar-refractivity contribution < 1.29 is 14.3 Å². The highest BCUT2D eigenvalue weighted by Crippen LogP contribution is 2.15. The predicted octanol–water partition coefficient (Wildman–Crippen LogP) is 0.241. The molecule has 142 valence electrons. The number of piperazine rings is 1. The largest absolute Gasteiger partial charge is 0.509 e. The lowest BCUT2D eigenvalue weighted by atomic mass is 10.1. The second kappa shape index (κ2) is 7.77. The summed E-state index contributed by atoms with van der Waals surface area (Å²) in [5.41, 5.74) is 0.249. The summed E-state index contributed by atoms with van der Waals surface area (Å²) in [5.74, 6) is -0.364. The van der Waals surface area contributed by atoms with Gasteiger partial charge in [-0.15, -0.1) is 0 Å². The highest BCUT2D eigenvalue weighted by molar-refractivity contribution is 5.94. The zero-order chi connectivity index (χ0) is 19.6. The summed E-state index contributed by atoms with van der Waals surface area (Å²) in [6.07, 6.45) is 1.22. The molecule has 0 bridgehead atoms. The number of aliphatic hydroxyl groups excluding tert-OH is 1. The van der Waals surface area contributed by atoms with E-state index in [1.54, 1.807) is 18.2 Å². The minimum absolute atomic E-state index is 0.113. The lowest BCUT2D eigenvalue weighted by Crippen LogP contribution is -2.47. The smallest absolute Gasteiger partial charge is 0.344 e. The van der Waals surface area contributed by atoms with Gasteiger partial charge in [0.1, 0.15) is 11.3 Å². The number of nitrogens with zero attached hydrogens (tertiary/aromatic N) is 2. The number of anilines is 1. The van der Waals surface area contributed by atoms with Crippen LogP contribution < -0.4 is 21.4 Å². The number of rotatable bonds is 4. The van der Waals surface area contributed by atoms with E-state index in [1.807, 2.05) is 0 Å².